The maximum atomic E-state index is 13.5. The van der Waals surface area contributed by atoms with E-state index >= 15 is 0 Å². The summed E-state index contributed by atoms with van der Waals surface area (Å²) >= 11 is 14.0. The quantitative estimate of drug-likeness (QED) is 0.307. The fourth-order valence-electron chi connectivity index (χ4n) is 3.52. The summed E-state index contributed by atoms with van der Waals surface area (Å²) in [6.07, 6.45) is 0. The Hall–Kier alpha value is -2.19. The van der Waals surface area contributed by atoms with Crippen molar-refractivity contribution < 1.29 is 13.2 Å². The Morgan fingerprint density at radius 1 is 0.943 bits per heavy atom. The molecule has 186 valence electrons. The average Bonchev–Trinajstić information content (AvgIpc) is 2.79. The second kappa shape index (κ2) is 12.2. The van der Waals surface area contributed by atoms with Crippen molar-refractivity contribution in [3.05, 3.63) is 93.0 Å². The molecular weight excluding hydrogens is 523 g/mol. The minimum atomic E-state index is -3.94. The molecule has 35 heavy (non-hydrogen) atoms. The summed E-state index contributed by atoms with van der Waals surface area (Å²) in [5.74, 6) is 0.865. The molecule has 0 aliphatic heterocycles. The molecule has 0 saturated heterocycles. The van der Waals surface area contributed by atoms with Crippen LogP contribution in [0.2, 0.25) is 10.0 Å². The van der Waals surface area contributed by atoms with Crippen molar-refractivity contribution in [3.8, 4) is 0 Å². The van der Waals surface area contributed by atoms with Crippen molar-refractivity contribution >= 4 is 56.6 Å². The Morgan fingerprint density at radius 3 is 2.20 bits per heavy atom. The second-order valence-corrected chi connectivity index (χ2v) is 12.0. The standard InChI is InChI=1S/C26H28Cl2N2O3S2/c1-18-7-10-21(11-8-18)35(32,33)30(25-12-9-19(2)15-20(25)3)16-26(31)29-13-14-34-17-22-23(27)5-4-6-24(22)28/h4-12,15H,13-14,16-17H2,1-3H3,(H,29,31). The SMILES string of the molecule is Cc1ccc(S(=O)(=O)N(CC(=O)NCCSCc2c(Cl)cccc2Cl)c2ccc(C)cc2C)cc1. The monoisotopic (exact) mass is 550 g/mol. The minimum Gasteiger partial charge on any atom is -0.354 e. The number of aryl methyl sites for hydroxylation is 3. The Bertz CT molecular complexity index is 1280. The van der Waals surface area contributed by atoms with Gasteiger partial charge in [-0.05, 0) is 62.2 Å². The van der Waals surface area contributed by atoms with Crippen LogP contribution in [-0.2, 0) is 20.6 Å². The van der Waals surface area contributed by atoms with Crippen LogP contribution >= 0.6 is 35.0 Å². The van der Waals surface area contributed by atoms with Gasteiger partial charge in [-0.2, -0.15) is 11.8 Å². The van der Waals surface area contributed by atoms with Gasteiger partial charge in [0.1, 0.15) is 6.54 Å². The van der Waals surface area contributed by atoms with Crippen LogP contribution in [-0.4, -0.2) is 33.2 Å². The number of carbonyl (C=O) groups is 1. The van der Waals surface area contributed by atoms with Crippen LogP contribution in [0.15, 0.2) is 65.6 Å². The molecule has 0 saturated carbocycles. The van der Waals surface area contributed by atoms with Gasteiger partial charge in [0.05, 0.1) is 10.6 Å². The molecule has 1 N–H and O–H groups in total. The van der Waals surface area contributed by atoms with E-state index in [9.17, 15) is 13.2 Å². The zero-order valence-electron chi connectivity index (χ0n) is 19.8. The van der Waals surface area contributed by atoms with Crippen LogP contribution in [0.4, 0.5) is 5.69 Å². The topological polar surface area (TPSA) is 66.5 Å². The molecule has 3 rings (SSSR count). The lowest BCUT2D eigenvalue weighted by molar-refractivity contribution is -0.119. The Labute approximate surface area is 221 Å². The average molecular weight is 552 g/mol. The van der Waals surface area contributed by atoms with Gasteiger partial charge in [-0.3, -0.25) is 9.10 Å². The first-order chi connectivity index (χ1) is 16.6. The van der Waals surface area contributed by atoms with Gasteiger partial charge >= 0.3 is 0 Å². The number of anilines is 1. The fraction of sp³-hybridized carbons (Fsp3) is 0.269. The number of benzene rings is 3. The number of carbonyl (C=O) groups excluding carboxylic acids is 1. The number of sulfonamides is 1. The molecule has 0 spiro atoms. The molecule has 3 aromatic carbocycles. The van der Waals surface area contributed by atoms with Crippen LogP contribution < -0.4 is 9.62 Å². The second-order valence-electron chi connectivity index (χ2n) is 8.22. The van der Waals surface area contributed by atoms with Gasteiger partial charge in [0.15, 0.2) is 0 Å². The summed E-state index contributed by atoms with van der Waals surface area (Å²) in [6, 6.07) is 17.5. The van der Waals surface area contributed by atoms with E-state index in [1.807, 2.05) is 32.9 Å². The van der Waals surface area contributed by atoms with Crippen molar-refractivity contribution in [2.45, 2.75) is 31.4 Å². The number of nitrogens with zero attached hydrogens (tertiary/aromatic N) is 1. The summed E-state index contributed by atoms with van der Waals surface area (Å²) in [4.78, 5) is 13.0. The van der Waals surface area contributed by atoms with E-state index in [0.717, 1.165) is 22.3 Å². The van der Waals surface area contributed by atoms with Gasteiger partial charge in [-0.15, -0.1) is 0 Å². The Balaban J connectivity index is 1.69. The zero-order chi connectivity index (χ0) is 25.6. The molecular formula is C26H28Cl2N2O3S2. The van der Waals surface area contributed by atoms with Crippen molar-refractivity contribution in [3.63, 3.8) is 0 Å². The molecule has 3 aromatic rings. The van der Waals surface area contributed by atoms with Crippen LogP contribution in [0.1, 0.15) is 22.3 Å². The lowest BCUT2D eigenvalue weighted by atomic mass is 10.1. The first kappa shape index (κ1) is 27.4. The summed E-state index contributed by atoms with van der Waals surface area (Å²) in [5.41, 5.74) is 4.08. The van der Waals surface area contributed by atoms with Gasteiger partial charge in [0.25, 0.3) is 10.0 Å². The van der Waals surface area contributed by atoms with E-state index in [2.05, 4.69) is 5.32 Å². The van der Waals surface area contributed by atoms with E-state index in [0.29, 0.717) is 33.8 Å². The van der Waals surface area contributed by atoms with Gasteiger partial charge in [-0.25, -0.2) is 8.42 Å². The molecule has 0 bridgehead atoms. The third-order valence-corrected chi connectivity index (χ3v) is 8.86. The smallest absolute Gasteiger partial charge is 0.264 e. The molecule has 0 heterocycles. The first-order valence-electron chi connectivity index (χ1n) is 11.0. The molecule has 0 aromatic heterocycles. The van der Waals surface area contributed by atoms with E-state index in [1.54, 1.807) is 60.3 Å². The van der Waals surface area contributed by atoms with E-state index in [-0.39, 0.29) is 17.3 Å². The largest absolute Gasteiger partial charge is 0.354 e. The highest BCUT2D eigenvalue weighted by atomic mass is 35.5. The van der Waals surface area contributed by atoms with Gasteiger partial charge < -0.3 is 5.32 Å². The molecule has 0 unspecified atom stereocenters. The Morgan fingerprint density at radius 2 is 1.57 bits per heavy atom. The summed E-state index contributed by atoms with van der Waals surface area (Å²) in [6.45, 7) is 5.74. The predicted octanol–water partition coefficient (Wildman–Crippen LogP) is 6.16. The van der Waals surface area contributed by atoms with Crippen molar-refractivity contribution in [2.75, 3.05) is 23.1 Å². The molecule has 0 atom stereocenters. The van der Waals surface area contributed by atoms with Crippen LogP contribution in [0.3, 0.4) is 0 Å². The highest BCUT2D eigenvalue weighted by Gasteiger charge is 2.28. The van der Waals surface area contributed by atoms with Gasteiger partial charge in [-0.1, -0.05) is 64.7 Å². The number of halogens is 2. The molecule has 0 radical (unpaired) electrons. The van der Waals surface area contributed by atoms with Crippen molar-refractivity contribution in [1.29, 1.82) is 0 Å². The number of amides is 1. The third-order valence-electron chi connectivity index (χ3n) is 5.39. The fourth-order valence-corrected chi connectivity index (χ4v) is 6.60. The summed E-state index contributed by atoms with van der Waals surface area (Å²) in [5, 5.41) is 4.05. The highest BCUT2D eigenvalue weighted by Crippen LogP contribution is 2.29. The normalized spacial score (nSPS) is 11.3. The number of nitrogens with one attached hydrogen (secondary N) is 1. The lowest BCUT2D eigenvalue weighted by Crippen LogP contribution is -2.41. The van der Waals surface area contributed by atoms with E-state index in [1.165, 1.54) is 4.31 Å². The molecule has 0 aliphatic carbocycles. The maximum Gasteiger partial charge on any atom is 0.264 e. The van der Waals surface area contributed by atoms with Crippen LogP contribution in [0, 0.1) is 20.8 Å². The highest BCUT2D eigenvalue weighted by molar-refractivity contribution is 7.98. The predicted molar refractivity (Wildman–Crippen MR) is 147 cm³/mol. The van der Waals surface area contributed by atoms with Crippen molar-refractivity contribution in [2.24, 2.45) is 0 Å². The number of rotatable bonds is 10. The number of thioether (sulfide) groups is 1. The molecule has 0 fully saturated rings. The summed E-state index contributed by atoms with van der Waals surface area (Å²) < 4.78 is 28.2. The molecule has 0 aliphatic rings. The zero-order valence-corrected chi connectivity index (χ0v) is 23.0. The summed E-state index contributed by atoms with van der Waals surface area (Å²) in [7, 11) is -3.94. The first-order valence-corrected chi connectivity index (χ1v) is 14.4. The molecule has 1 amide bonds. The van der Waals surface area contributed by atoms with E-state index < -0.39 is 10.0 Å². The Kier molecular flexibility index (Phi) is 9.53. The molecule has 5 nitrogen and oxygen atoms in total. The van der Waals surface area contributed by atoms with Crippen molar-refractivity contribution in [1.82, 2.24) is 5.32 Å². The van der Waals surface area contributed by atoms with Crippen LogP contribution in [0.25, 0.3) is 0 Å². The van der Waals surface area contributed by atoms with Gasteiger partial charge in [0, 0.05) is 28.1 Å². The third kappa shape index (κ3) is 7.17. The molecule has 9 heteroatoms. The van der Waals surface area contributed by atoms with E-state index in [4.69, 9.17) is 23.2 Å². The maximum absolute atomic E-state index is 13.5. The lowest BCUT2D eigenvalue weighted by Gasteiger charge is -2.26. The minimum absolute atomic E-state index is 0.142. The number of hydrogen-bond acceptors (Lipinski definition) is 4. The van der Waals surface area contributed by atoms with Gasteiger partial charge in [0.2, 0.25) is 5.91 Å². The van der Waals surface area contributed by atoms with Crippen LogP contribution in [0.5, 0.6) is 0 Å². The number of hydrogen-bond donors (Lipinski definition) is 1.